The van der Waals surface area contributed by atoms with E-state index in [4.69, 9.17) is 4.42 Å². The van der Waals surface area contributed by atoms with Gasteiger partial charge in [-0.05, 0) is 12.8 Å². The first-order valence-corrected chi connectivity index (χ1v) is 9.50. The SMILES string of the molecule is O=C(CN1CCN(Cc2ncc(-c3ccccc3)o2)CC1)N1CCCC1. The molecule has 3 heterocycles. The van der Waals surface area contributed by atoms with Crippen LogP contribution in [0.1, 0.15) is 18.7 Å². The minimum absolute atomic E-state index is 0.288. The zero-order valence-electron chi connectivity index (χ0n) is 15.1. The summed E-state index contributed by atoms with van der Waals surface area (Å²) in [5.74, 6) is 1.86. The van der Waals surface area contributed by atoms with Gasteiger partial charge < -0.3 is 9.32 Å². The van der Waals surface area contributed by atoms with Crippen molar-refractivity contribution >= 4 is 5.91 Å². The lowest BCUT2D eigenvalue weighted by Gasteiger charge is -2.34. The second kappa shape index (κ2) is 8.01. The number of carbonyl (C=O) groups is 1. The van der Waals surface area contributed by atoms with Crippen molar-refractivity contribution in [3.63, 3.8) is 0 Å². The van der Waals surface area contributed by atoms with Crippen LogP contribution in [0.25, 0.3) is 11.3 Å². The molecule has 1 aromatic heterocycles. The summed E-state index contributed by atoms with van der Waals surface area (Å²) in [7, 11) is 0. The molecule has 2 saturated heterocycles. The molecule has 0 N–H and O–H groups in total. The summed E-state index contributed by atoms with van der Waals surface area (Å²) in [5.41, 5.74) is 1.05. The van der Waals surface area contributed by atoms with E-state index in [0.717, 1.165) is 75.9 Å². The molecule has 1 amide bonds. The highest BCUT2D eigenvalue weighted by atomic mass is 16.4. The lowest BCUT2D eigenvalue weighted by atomic mass is 10.2. The Balaban J connectivity index is 1.25. The van der Waals surface area contributed by atoms with E-state index in [1.165, 1.54) is 0 Å². The number of aromatic nitrogens is 1. The van der Waals surface area contributed by atoms with Crippen molar-refractivity contribution in [2.45, 2.75) is 19.4 Å². The van der Waals surface area contributed by atoms with Gasteiger partial charge >= 0.3 is 0 Å². The first kappa shape index (κ1) is 17.2. The zero-order valence-corrected chi connectivity index (χ0v) is 15.1. The molecule has 1 aromatic carbocycles. The van der Waals surface area contributed by atoms with Crippen LogP contribution in [0.15, 0.2) is 40.9 Å². The maximum atomic E-state index is 12.3. The number of oxazole rings is 1. The molecule has 2 aliphatic heterocycles. The Kier molecular flexibility index (Phi) is 5.32. The van der Waals surface area contributed by atoms with E-state index in [2.05, 4.69) is 14.8 Å². The third-order valence-electron chi connectivity index (χ3n) is 5.25. The van der Waals surface area contributed by atoms with Gasteiger partial charge in [-0.25, -0.2) is 4.98 Å². The molecular formula is C20H26N4O2. The van der Waals surface area contributed by atoms with E-state index in [9.17, 15) is 4.79 Å². The summed E-state index contributed by atoms with van der Waals surface area (Å²) in [6.45, 7) is 6.88. The van der Waals surface area contributed by atoms with Gasteiger partial charge in [-0.15, -0.1) is 0 Å². The van der Waals surface area contributed by atoms with Gasteiger partial charge in [-0.3, -0.25) is 14.6 Å². The molecule has 0 saturated carbocycles. The second-order valence-electron chi connectivity index (χ2n) is 7.12. The fourth-order valence-corrected chi connectivity index (χ4v) is 3.67. The standard InChI is InChI=1S/C20H26N4O2/c25-20(24-8-4-5-9-24)16-23-12-10-22(11-13-23)15-19-21-14-18(26-19)17-6-2-1-3-7-17/h1-3,6-7,14H,4-5,8-13,15-16H2. The highest BCUT2D eigenvalue weighted by Crippen LogP contribution is 2.20. The molecule has 6 nitrogen and oxygen atoms in total. The molecule has 0 spiro atoms. The Labute approximate surface area is 154 Å². The van der Waals surface area contributed by atoms with Crippen molar-refractivity contribution in [1.82, 2.24) is 19.7 Å². The normalized spacial score (nSPS) is 19.2. The van der Waals surface area contributed by atoms with Gasteiger partial charge in [-0.2, -0.15) is 0 Å². The van der Waals surface area contributed by atoms with Crippen molar-refractivity contribution in [1.29, 1.82) is 0 Å². The lowest BCUT2D eigenvalue weighted by molar-refractivity contribution is -0.131. The molecule has 26 heavy (non-hydrogen) atoms. The fraction of sp³-hybridized carbons (Fsp3) is 0.500. The Bertz CT molecular complexity index is 716. The Morgan fingerprint density at radius 2 is 1.65 bits per heavy atom. The number of likely N-dealkylation sites (tertiary alicyclic amines) is 1. The Morgan fingerprint density at radius 1 is 0.962 bits per heavy atom. The van der Waals surface area contributed by atoms with Crippen LogP contribution in [-0.2, 0) is 11.3 Å². The van der Waals surface area contributed by atoms with Crippen LogP contribution in [0.5, 0.6) is 0 Å². The van der Waals surface area contributed by atoms with Gasteiger partial charge in [-0.1, -0.05) is 30.3 Å². The van der Waals surface area contributed by atoms with Crippen molar-refractivity contribution < 1.29 is 9.21 Å². The predicted octanol–water partition coefficient (Wildman–Crippen LogP) is 2.08. The topological polar surface area (TPSA) is 52.8 Å². The molecule has 2 fully saturated rings. The fourth-order valence-electron chi connectivity index (χ4n) is 3.67. The first-order valence-electron chi connectivity index (χ1n) is 9.50. The van der Waals surface area contributed by atoms with Crippen molar-refractivity contribution in [3.05, 3.63) is 42.4 Å². The summed E-state index contributed by atoms with van der Waals surface area (Å²) in [5, 5.41) is 0. The largest absolute Gasteiger partial charge is 0.439 e. The van der Waals surface area contributed by atoms with Crippen LogP contribution in [0.3, 0.4) is 0 Å². The van der Waals surface area contributed by atoms with Gasteiger partial charge in [0.25, 0.3) is 0 Å². The number of benzene rings is 1. The number of piperazine rings is 1. The maximum absolute atomic E-state index is 12.3. The van der Waals surface area contributed by atoms with E-state index >= 15 is 0 Å². The van der Waals surface area contributed by atoms with Crippen LogP contribution in [0.2, 0.25) is 0 Å². The first-order chi connectivity index (χ1) is 12.8. The van der Waals surface area contributed by atoms with Crippen LogP contribution in [-0.4, -0.2) is 71.4 Å². The zero-order chi connectivity index (χ0) is 17.8. The highest BCUT2D eigenvalue weighted by molar-refractivity contribution is 5.78. The Hall–Kier alpha value is -2.18. The summed E-state index contributed by atoms with van der Waals surface area (Å²) in [6.07, 6.45) is 4.11. The van der Waals surface area contributed by atoms with Gasteiger partial charge in [0.1, 0.15) is 0 Å². The molecular weight excluding hydrogens is 328 g/mol. The Morgan fingerprint density at radius 3 is 2.38 bits per heavy atom. The number of carbonyl (C=O) groups excluding carboxylic acids is 1. The average molecular weight is 354 g/mol. The van der Waals surface area contributed by atoms with Crippen molar-refractivity contribution in [3.8, 4) is 11.3 Å². The smallest absolute Gasteiger partial charge is 0.236 e. The second-order valence-corrected chi connectivity index (χ2v) is 7.12. The minimum atomic E-state index is 0.288. The van der Waals surface area contributed by atoms with E-state index in [1.807, 2.05) is 35.2 Å². The van der Waals surface area contributed by atoms with E-state index in [-0.39, 0.29) is 5.91 Å². The highest BCUT2D eigenvalue weighted by Gasteiger charge is 2.24. The molecule has 2 aliphatic rings. The molecule has 0 aliphatic carbocycles. The molecule has 138 valence electrons. The molecule has 0 unspecified atom stereocenters. The van der Waals surface area contributed by atoms with Crippen LogP contribution < -0.4 is 0 Å². The average Bonchev–Trinajstić information content (AvgIpc) is 3.36. The van der Waals surface area contributed by atoms with Crippen molar-refractivity contribution in [2.75, 3.05) is 45.8 Å². The lowest BCUT2D eigenvalue weighted by Crippen LogP contribution is -2.49. The molecule has 2 aromatic rings. The summed E-state index contributed by atoms with van der Waals surface area (Å²) < 4.78 is 5.90. The maximum Gasteiger partial charge on any atom is 0.236 e. The van der Waals surface area contributed by atoms with Gasteiger partial charge in [0.15, 0.2) is 5.76 Å². The molecule has 4 rings (SSSR count). The summed E-state index contributed by atoms with van der Waals surface area (Å²) in [6, 6.07) is 10.1. The van der Waals surface area contributed by atoms with Gasteiger partial charge in [0, 0.05) is 44.8 Å². The monoisotopic (exact) mass is 354 g/mol. The van der Waals surface area contributed by atoms with Crippen LogP contribution in [0.4, 0.5) is 0 Å². The number of rotatable bonds is 5. The quantitative estimate of drug-likeness (QED) is 0.823. The van der Waals surface area contributed by atoms with Gasteiger partial charge in [0.05, 0.1) is 19.3 Å². The molecule has 0 radical (unpaired) electrons. The van der Waals surface area contributed by atoms with E-state index < -0.39 is 0 Å². The van der Waals surface area contributed by atoms with Gasteiger partial charge in [0.2, 0.25) is 11.8 Å². The third kappa shape index (κ3) is 4.14. The van der Waals surface area contributed by atoms with Crippen LogP contribution in [0, 0.1) is 0 Å². The number of hydrogen-bond acceptors (Lipinski definition) is 5. The number of hydrogen-bond donors (Lipinski definition) is 0. The molecule has 0 atom stereocenters. The van der Waals surface area contributed by atoms with Crippen LogP contribution >= 0.6 is 0 Å². The van der Waals surface area contributed by atoms with E-state index in [1.54, 1.807) is 6.20 Å². The third-order valence-corrected chi connectivity index (χ3v) is 5.25. The van der Waals surface area contributed by atoms with Crippen molar-refractivity contribution in [2.24, 2.45) is 0 Å². The summed E-state index contributed by atoms with van der Waals surface area (Å²) >= 11 is 0. The molecule has 0 bridgehead atoms. The predicted molar refractivity (Wildman–Crippen MR) is 99.5 cm³/mol. The number of amides is 1. The summed E-state index contributed by atoms with van der Waals surface area (Å²) in [4.78, 5) is 23.3. The minimum Gasteiger partial charge on any atom is -0.439 e. The molecule has 6 heteroatoms. The number of nitrogens with zero attached hydrogens (tertiary/aromatic N) is 4. The van der Waals surface area contributed by atoms with E-state index in [0.29, 0.717) is 6.54 Å².